The SMILES string of the molecule is COC(=O)c1cc(Br)c(Cc2ccc(S(=O)(=O)N(Cc3ccc(OC)cc3)Cc3ccc(OC)cc3)c(F)c2)[nH]1.COC(=O)c1ccc(Cc2ccc(S(=O)(=O)N(Cc3ccc(OC)cc3)Cc3ccc(OC)cc3)c(F)c2)[nH]1. The molecule has 2 heterocycles. The number of benzene rings is 6. The van der Waals surface area contributed by atoms with E-state index < -0.39 is 53.4 Å². The number of nitrogens with zero attached hydrogens (tertiary/aromatic N) is 2. The van der Waals surface area contributed by atoms with E-state index in [1.54, 1.807) is 156 Å². The third-order valence-corrected chi connectivity index (χ3v) is 16.8. The lowest BCUT2D eigenvalue weighted by atomic mass is 10.1. The standard InChI is InChI=1S/C29H28BrFN2O6S.C29H29FN2O6S/c1-37-22-9-4-19(5-10-22)17-33(18-20-6-11-23(38-2)12-7-20)40(35,36)28-13-8-21(14-25(28)31)15-26-24(30)16-27(32-26)29(34)39-3;1-36-24-10-4-20(5-11-24)18-32(19-21-6-12-25(37-2)13-7-21)39(34,35)28-15-8-22(17-26(28)30)16-23-9-14-27(31-23)29(33)38-3/h4-14,16,32H,15,17-18H2,1-3H3;4-15,17,31H,16,18-19H2,1-3H3. The summed E-state index contributed by atoms with van der Waals surface area (Å²) in [5.74, 6) is -0.207. The van der Waals surface area contributed by atoms with Crippen molar-refractivity contribution >= 4 is 47.9 Å². The van der Waals surface area contributed by atoms with Crippen molar-refractivity contribution < 1.29 is 63.6 Å². The second kappa shape index (κ2) is 26.7. The number of esters is 2. The molecule has 2 aromatic heterocycles. The maximum absolute atomic E-state index is 15.4. The van der Waals surface area contributed by atoms with E-state index in [0.29, 0.717) is 61.1 Å². The van der Waals surface area contributed by atoms with Crippen LogP contribution in [-0.2, 0) is 68.5 Å². The normalized spacial score (nSPS) is 11.4. The first kappa shape index (κ1) is 58.9. The van der Waals surface area contributed by atoms with Gasteiger partial charge in [-0.15, -0.1) is 0 Å². The number of rotatable bonds is 22. The van der Waals surface area contributed by atoms with Crippen LogP contribution in [0.15, 0.2) is 166 Å². The van der Waals surface area contributed by atoms with Gasteiger partial charge in [-0.05, 0) is 140 Å². The Bertz CT molecular complexity index is 3500. The van der Waals surface area contributed by atoms with Crippen molar-refractivity contribution in [2.24, 2.45) is 0 Å². The van der Waals surface area contributed by atoms with Crippen molar-refractivity contribution in [2.75, 3.05) is 42.7 Å². The third kappa shape index (κ3) is 15.1. The summed E-state index contributed by atoms with van der Waals surface area (Å²) in [6.45, 7) is 0.0905. The second-order valence-corrected chi connectivity index (χ2v) is 22.4. The predicted octanol–water partition coefficient (Wildman–Crippen LogP) is 10.6. The van der Waals surface area contributed by atoms with Gasteiger partial charge in [0.15, 0.2) is 0 Å². The van der Waals surface area contributed by atoms with E-state index in [4.69, 9.17) is 23.7 Å². The summed E-state index contributed by atoms with van der Waals surface area (Å²) >= 11 is 3.39. The van der Waals surface area contributed by atoms with Crippen molar-refractivity contribution in [3.63, 3.8) is 0 Å². The minimum absolute atomic E-state index is 0.0191. The Morgan fingerprint density at radius 1 is 0.443 bits per heavy atom. The van der Waals surface area contributed by atoms with E-state index in [1.165, 1.54) is 47.1 Å². The van der Waals surface area contributed by atoms with Gasteiger partial charge in [0.2, 0.25) is 20.0 Å². The Labute approximate surface area is 466 Å². The van der Waals surface area contributed by atoms with E-state index in [0.717, 1.165) is 11.1 Å². The Morgan fingerprint density at radius 3 is 1.13 bits per heavy atom. The van der Waals surface area contributed by atoms with E-state index >= 15 is 8.78 Å². The lowest BCUT2D eigenvalue weighted by molar-refractivity contribution is 0.0586. The summed E-state index contributed by atoms with van der Waals surface area (Å²) in [5.41, 5.74) is 5.74. The van der Waals surface area contributed by atoms with E-state index in [2.05, 4.69) is 30.6 Å². The number of ether oxygens (including phenoxy) is 6. The molecule has 0 bridgehead atoms. The second-order valence-electron chi connectivity index (χ2n) is 17.7. The number of aromatic nitrogens is 2. The molecule has 16 nitrogen and oxygen atoms in total. The van der Waals surface area contributed by atoms with Gasteiger partial charge in [0.1, 0.15) is 55.8 Å². The number of hydrogen-bond acceptors (Lipinski definition) is 12. The highest BCUT2D eigenvalue weighted by molar-refractivity contribution is 9.10. The molecule has 0 saturated heterocycles. The van der Waals surface area contributed by atoms with Crippen molar-refractivity contribution in [1.82, 2.24) is 18.6 Å². The average molecular weight is 1180 g/mol. The molecule has 8 rings (SSSR count). The van der Waals surface area contributed by atoms with Crippen LogP contribution in [0.1, 0.15) is 65.7 Å². The molecule has 0 atom stereocenters. The lowest BCUT2D eigenvalue weighted by Gasteiger charge is -2.23. The van der Waals surface area contributed by atoms with Gasteiger partial charge in [0.05, 0.1) is 42.7 Å². The number of aromatic amines is 2. The van der Waals surface area contributed by atoms with Crippen molar-refractivity contribution in [2.45, 2.75) is 48.8 Å². The largest absolute Gasteiger partial charge is 0.497 e. The van der Waals surface area contributed by atoms with Crippen LogP contribution in [0.25, 0.3) is 0 Å². The molecule has 21 heteroatoms. The van der Waals surface area contributed by atoms with Gasteiger partial charge < -0.3 is 38.4 Å². The zero-order chi connectivity index (χ0) is 56.9. The van der Waals surface area contributed by atoms with E-state index in [1.807, 2.05) is 0 Å². The average Bonchev–Trinajstić information content (AvgIpc) is 4.09. The van der Waals surface area contributed by atoms with Crippen LogP contribution < -0.4 is 18.9 Å². The maximum atomic E-state index is 15.4. The zero-order valence-corrected chi connectivity index (χ0v) is 47.1. The number of methoxy groups -OCH3 is 6. The number of carbonyl (C=O) groups excluding carboxylic acids is 2. The van der Waals surface area contributed by atoms with Crippen LogP contribution in [0.4, 0.5) is 8.78 Å². The molecule has 0 amide bonds. The number of H-pyrrole nitrogens is 2. The fraction of sp³-hybridized carbons (Fsp3) is 0.207. The fourth-order valence-electron chi connectivity index (χ4n) is 8.21. The lowest BCUT2D eigenvalue weighted by Crippen LogP contribution is -2.31. The Hall–Kier alpha value is -7.82. The highest BCUT2D eigenvalue weighted by Crippen LogP contribution is 2.30. The summed E-state index contributed by atoms with van der Waals surface area (Å²) < 4.78 is 119. The third-order valence-electron chi connectivity index (χ3n) is 12.5. The highest BCUT2D eigenvalue weighted by Gasteiger charge is 2.30. The molecular formula is C58H57BrF2N4O12S2. The summed E-state index contributed by atoms with van der Waals surface area (Å²) in [6, 6.07) is 41.0. The van der Waals surface area contributed by atoms with Gasteiger partial charge in [0.25, 0.3) is 0 Å². The molecule has 0 aliphatic heterocycles. The molecule has 0 fully saturated rings. The van der Waals surface area contributed by atoms with Crippen LogP contribution in [0.2, 0.25) is 0 Å². The predicted molar refractivity (Wildman–Crippen MR) is 295 cm³/mol. The molecule has 8 aromatic rings. The number of hydrogen-bond donors (Lipinski definition) is 2. The molecule has 0 spiro atoms. The molecule has 6 aromatic carbocycles. The minimum atomic E-state index is -4.25. The van der Waals surface area contributed by atoms with Crippen molar-refractivity contribution in [3.05, 3.63) is 224 Å². The Balaban J connectivity index is 0.000000229. The van der Waals surface area contributed by atoms with Gasteiger partial charge in [-0.3, -0.25) is 0 Å². The molecule has 0 aliphatic rings. The van der Waals surface area contributed by atoms with E-state index in [-0.39, 0.29) is 50.4 Å². The Kier molecular flexibility index (Phi) is 19.9. The maximum Gasteiger partial charge on any atom is 0.354 e. The van der Waals surface area contributed by atoms with Crippen molar-refractivity contribution in [3.8, 4) is 23.0 Å². The first-order chi connectivity index (χ1) is 37.9. The van der Waals surface area contributed by atoms with Crippen LogP contribution in [0.3, 0.4) is 0 Å². The van der Waals surface area contributed by atoms with Gasteiger partial charge in [-0.25, -0.2) is 35.2 Å². The summed E-state index contributed by atoms with van der Waals surface area (Å²) in [4.78, 5) is 28.5. The molecule has 0 radical (unpaired) electrons. The van der Waals surface area contributed by atoms with Crippen LogP contribution in [-0.4, -0.2) is 90.0 Å². The van der Waals surface area contributed by atoms with Gasteiger partial charge in [-0.2, -0.15) is 8.61 Å². The zero-order valence-electron chi connectivity index (χ0n) is 43.9. The molecule has 414 valence electrons. The summed E-state index contributed by atoms with van der Waals surface area (Å²) in [6.07, 6.45) is 0.506. The number of carbonyl (C=O) groups is 2. The summed E-state index contributed by atoms with van der Waals surface area (Å²) in [7, 11) is 0.277. The molecule has 0 aliphatic carbocycles. The van der Waals surface area contributed by atoms with Crippen LogP contribution >= 0.6 is 15.9 Å². The van der Waals surface area contributed by atoms with Gasteiger partial charge >= 0.3 is 11.9 Å². The first-order valence-corrected chi connectivity index (χ1v) is 27.9. The van der Waals surface area contributed by atoms with E-state index in [9.17, 15) is 26.4 Å². The molecular weight excluding hydrogens is 1130 g/mol. The van der Waals surface area contributed by atoms with Gasteiger partial charge in [0, 0.05) is 54.9 Å². The molecule has 79 heavy (non-hydrogen) atoms. The minimum Gasteiger partial charge on any atom is -0.497 e. The van der Waals surface area contributed by atoms with Gasteiger partial charge in [-0.1, -0.05) is 60.7 Å². The molecule has 0 saturated carbocycles. The fourth-order valence-corrected chi connectivity index (χ4v) is 11.6. The van der Waals surface area contributed by atoms with Crippen molar-refractivity contribution in [1.29, 1.82) is 0 Å². The van der Waals surface area contributed by atoms with Crippen LogP contribution in [0, 0.1) is 11.6 Å². The number of halogens is 3. The number of sulfonamides is 2. The monoisotopic (exact) mass is 1180 g/mol. The Morgan fingerprint density at radius 2 is 0.785 bits per heavy atom. The highest BCUT2D eigenvalue weighted by atomic mass is 79.9. The number of nitrogens with one attached hydrogen (secondary N) is 2. The smallest absolute Gasteiger partial charge is 0.354 e. The topological polar surface area (TPSA) is 196 Å². The molecule has 2 N–H and O–H groups in total. The molecule has 0 unspecified atom stereocenters. The quantitative estimate of drug-likeness (QED) is 0.0610. The van der Waals surface area contributed by atoms with Crippen LogP contribution in [0.5, 0.6) is 23.0 Å². The summed E-state index contributed by atoms with van der Waals surface area (Å²) in [5, 5.41) is 0. The first-order valence-electron chi connectivity index (χ1n) is 24.2.